The highest BCUT2D eigenvalue weighted by Gasteiger charge is 2.17. The number of piperazine rings is 1. The lowest BCUT2D eigenvalue weighted by molar-refractivity contribution is 0.102. The molecule has 0 spiro atoms. The van der Waals surface area contributed by atoms with E-state index < -0.39 is 0 Å². The van der Waals surface area contributed by atoms with E-state index in [0.29, 0.717) is 5.56 Å². The van der Waals surface area contributed by atoms with Crippen LogP contribution in [0.2, 0.25) is 0 Å². The first kappa shape index (κ1) is 18.0. The van der Waals surface area contributed by atoms with Gasteiger partial charge in [0, 0.05) is 62.5 Å². The standard InChI is InChI=1S/C22H26N6O/c29-22(25-17-3-5-18(6-4-17)27-13-8-23-9-14-27)20-16-24-28-12-7-19(15-21(20)28)26-10-1-2-11-26/h3-7,12,15-16,23H,1-2,8-11,13-14H2,(H,25,29). The SMILES string of the molecule is O=C(Nc1ccc(N2CCNCC2)cc1)c1cnn2ccc(N3CCCC3)cc12. The summed E-state index contributed by atoms with van der Waals surface area (Å²) in [5.41, 5.74) is 4.58. The third-order valence-electron chi connectivity index (χ3n) is 5.83. The summed E-state index contributed by atoms with van der Waals surface area (Å²) in [6.45, 7) is 6.18. The van der Waals surface area contributed by atoms with Crippen LogP contribution >= 0.6 is 0 Å². The number of fused-ring (bicyclic) bond motifs is 1. The van der Waals surface area contributed by atoms with Gasteiger partial charge in [-0.05, 0) is 49.2 Å². The van der Waals surface area contributed by atoms with Crippen molar-refractivity contribution in [2.75, 3.05) is 54.4 Å². The van der Waals surface area contributed by atoms with Crippen molar-refractivity contribution < 1.29 is 4.79 Å². The van der Waals surface area contributed by atoms with Crippen LogP contribution in [0.4, 0.5) is 17.1 Å². The van der Waals surface area contributed by atoms with Crippen LogP contribution in [-0.4, -0.2) is 54.8 Å². The summed E-state index contributed by atoms with van der Waals surface area (Å²) in [7, 11) is 0. The molecular weight excluding hydrogens is 364 g/mol. The van der Waals surface area contributed by atoms with Crippen molar-refractivity contribution in [3.63, 3.8) is 0 Å². The maximum Gasteiger partial charge on any atom is 0.259 e. The molecule has 0 atom stereocenters. The normalized spacial score (nSPS) is 17.1. The Morgan fingerprint density at radius 1 is 0.931 bits per heavy atom. The van der Waals surface area contributed by atoms with E-state index in [9.17, 15) is 4.79 Å². The predicted molar refractivity (Wildman–Crippen MR) is 116 cm³/mol. The second-order valence-electron chi connectivity index (χ2n) is 7.71. The van der Waals surface area contributed by atoms with Crippen LogP contribution in [0.5, 0.6) is 0 Å². The summed E-state index contributed by atoms with van der Waals surface area (Å²) >= 11 is 0. The molecule has 0 bridgehead atoms. The van der Waals surface area contributed by atoms with Gasteiger partial charge in [-0.2, -0.15) is 5.10 Å². The zero-order valence-corrected chi connectivity index (χ0v) is 16.5. The number of pyridine rings is 1. The highest BCUT2D eigenvalue weighted by atomic mass is 16.1. The second-order valence-corrected chi connectivity index (χ2v) is 7.71. The molecule has 0 aliphatic carbocycles. The number of nitrogens with one attached hydrogen (secondary N) is 2. The minimum absolute atomic E-state index is 0.131. The number of hydrogen-bond donors (Lipinski definition) is 2. The van der Waals surface area contributed by atoms with Crippen LogP contribution in [0.3, 0.4) is 0 Å². The topological polar surface area (TPSA) is 64.9 Å². The van der Waals surface area contributed by atoms with Gasteiger partial charge in [-0.3, -0.25) is 4.79 Å². The van der Waals surface area contributed by atoms with Crippen molar-refractivity contribution >= 4 is 28.5 Å². The molecule has 0 unspecified atom stereocenters. The fourth-order valence-corrected chi connectivity index (χ4v) is 4.19. The highest BCUT2D eigenvalue weighted by molar-refractivity contribution is 6.09. The highest BCUT2D eigenvalue weighted by Crippen LogP contribution is 2.24. The fourth-order valence-electron chi connectivity index (χ4n) is 4.19. The molecule has 1 aromatic carbocycles. The molecule has 2 aliphatic rings. The number of benzene rings is 1. The van der Waals surface area contributed by atoms with Crippen LogP contribution in [0.25, 0.3) is 5.52 Å². The summed E-state index contributed by atoms with van der Waals surface area (Å²) in [6.07, 6.45) is 6.03. The first-order valence-corrected chi connectivity index (χ1v) is 10.4. The molecule has 5 rings (SSSR count). The van der Waals surface area contributed by atoms with Gasteiger partial charge in [0.15, 0.2) is 0 Å². The minimum atomic E-state index is -0.131. The summed E-state index contributed by atoms with van der Waals surface area (Å²) in [6, 6.07) is 12.2. The molecule has 7 nitrogen and oxygen atoms in total. The van der Waals surface area contributed by atoms with Gasteiger partial charge in [-0.15, -0.1) is 0 Å². The first-order chi connectivity index (χ1) is 14.3. The number of nitrogens with zero attached hydrogens (tertiary/aromatic N) is 4. The van der Waals surface area contributed by atoms with E-state index in [0.717, 1.165) is 56.2 Å². The fraction of sp³-hybridized carbons (Fsp3) is 0.364. The number of amides is 1. The third kappa shape index (κ3) is 3.65. The van der Waals surface area contributed by atoms with E-state index >= 15 is 0 Å². The molecule has 4 heterocycles. The Kier molecular flexibility index (Phi) is 4.81. The van der Waals surface area contributed by atoms with Gasteiger partial charge in [0.1, 0.15) is 0 Å². The zero-order chi connectivity index (χ0) is 19.6. The van der Waals surface area contributed by atoms with E-state index in [2.05, 4.69) is 49.8 Å². The number of carbonyl (C=O) groups excluding carboxylic acids is 1. The number of anilines is 3. The van der Waals surface area contributed by atoms with E-state index in [-0.39, 0.29) is 5.91 Å². The van der Waals surface area contributed by atoms with E-state index in [1.165, 1.54) is 18.5 Å². The van der Waals surface area contributed by atoms with Crippen LogP contribution in [0.1, 0.15) is 23.2 Å². The van der Waals surface area contributed by atoms with Gasteiger partial charge < -0.3 is 20.4 Å². The molecule has 2 aliphatic heterocycles. The predicted octanol–water partition coefficient (Wildman–Crippen LogP) is 2.60. The summed E-state index contributed by atoms with van der Waals surface area (Å²) in [4.78, 5) is 17.6. The molecule has 1 amide bonds. The Balaban J connectivity index is 1.33. The Labute approximate surface area is 170 Å². The van der Waals surface area contributed by atoms with Gasteiger partial charge in [0.2, 0.25) is 0 Å². The van der Waals surface area contributed by atoms with Crippen LogP contribution < -0.4 is 20.4 Å². The van der Waals surface area contributed by atoms with E-state index in [1.807, 2.05) is 18.3 Å². The summed E-state index contributed by atoms with van der Waals surface area (Å²) in [5, 5.41) is 10.7. The van der Waals surface area contributed by atoms with Crippen molar-refractivity contribution in [2.24, 2.45) is 0 Å². The molecule has 7 heteroatoms. The molecule has 2 aromatic heterocycles. The lowest BCUT2D eigenvalue weighted by Crippen LogP contribution is -2.43. The molecule has 150 valence electrons. The molecule has 2 saturated heterocycles. The lowest BCUT2D eigenvalue weighted by Gasteiger charge is -2.29. The average molecular weight is 390 g/mol. The molecule has 29 heavy (non-hydrogen) atoms. The lowest BCUT2D eigenvalue weighted by atomic mass is 10.2. The van der Waals surface area contributed by atoms with Crippen molar-refractivity contribution in [3.05, 3.63) is 54.4 Å². The molecule has 2 fully saturated rings. The monoisotopic (exact) mass is 390 g/mol. The molecule has 0 saturated carbocycles. The van der Waals surface area contributed by atoms with Crippen molar-refractivity contribution in [1.82, 2.24) is 14.9 Å². The minimum Gasteiger partial charge on any atom is -0.371 e. The van der Waals surface area contributed by atoms with Gasteiger partial charge in [-0.25, -0.2) is 4.52 Å². The smallest absolute Gasteiger partial charge is 0.259 e. The second kappa shape index (κ2) is 7.75. The Morgan fingerprint density at radius 2 is 1.66 bits per heavy atom. The summed E-state index contributed by atoms with van der Waals surface area (Å²) in [5.74, 6) is -0.131. The molecule has 3 aromatic rings. The maximum atomic E-state index is 12.9. The van der Waals surface area contributed by atoms with Crippen LogP contribution in [-0.2, 0) is 0 Å². The maximum absolute atomic E-state index is 12.9. The van der Waals surface area contributed by atoms with E-state index in [4.69, 9.17) is 0 Å². The summed E-state index contributed by atoms with van der Waals surface area (Å²) < 4.78 is 1.77. The van der Waals surface area contributed by atoms with Gasteiger partial charge in [0.25, 0.3) is 5.91 Å². The molecule has 0 radical (unpaired) electrons. The Hall–Kier alpha value is -3.06. The quantitative estimate of drug-likeness (QED) is 0.717. The van der Waals surface area contributed by atoms with E-state index in [1.54, 1.807) is 10.7 Å². The third-order valence-corrected chi connectivity index (χ3v) is 5.83. The Morgan fingerprint density at radius 3 is 2.41 bits per heavy atom. The number of rotatable bonds is 4. The largest absolute Gasteiger partial charge is 0.371 e. The number of aromatic nitrogens is 2. The van der Waals surface area contributed by atoms with Crippen LogP contribution in [0, 0.1) is 0 Å². The average Bonchev–Trinajstić information content (AvgIpc) is 3.44. The zero-order valence-electron chi connectivity index (χ0n) is 16.5. The van der Waals surface area contributed by atoms with Gasteiger partial charge in [0.05, 0.1) is 17.3 Å². The Bertz CT molecular complexity index is 1000. The van der Waals surface area contributed by atoms with Crippen molar-refractivity contribution in [3.8, 4) is 0 Å². The molecular formula is C22H26N6O. The number of hydrogen-bond acceptors (Lipinski definition) is 5. The molecule has 2 N–H and O–H groups in total. The van der Waals surface area contributed by atoms with Crippen molar-refractivity contribution in [2.45, 2.75) is 12.8 Å². The van der Waals surface area contributed by atoms with Crippen molar-refractivity contribution in [1.29, 1.82) is 0 Å². The van der Waals surface area contributed by atoms with Crippen LogP contribution in [0.15, 0.2) is 48.8 Å². The van der Waals surface area contributed by atoms with Gasteiger partial charge in [-0.1, -0.05) is 0 Å². The first-order valence-electron chi connectivity index (χ1n) is 10.4. The van der Waals surface area contributed by atoms with Gasteiger partial charge >= 0.3 is 0 Å². The number of carbonyl (C=O) groups is 1.